The van der Waals surface area contributed by atoms with E-state index in [1.54, 1.807) is 0 Å². The van der Waals surface area contributed by atoms with Crippen molar-refractivity contribution < 1.29 is 13.2 Å². The van der Waals surface area contributed by atoms with Gasteiger partial charge in [0.25, 0.3) is 0 Å². The van der Waals surface area contributed by atoms with Gasteiger partial charge in [0.15, 0.2) is 0 Å². The maximum Gasteiger partial charge on any atom is 0.319 e. The number of hydrogen-bond donors (Lipinski definition) is 3. The lowest BCUT2D eigenvalue weighted by atomic mass is 10.3. The van der Waals surface area contributed by atoms with Gasteiger partial charge in [-0.15, -0.1) is 0 Å². The summed E-state index contributed by atoms with van der Waals surface area (Å²) in [4.78, 5) is 14.1. The molecule has 1 heterocycles. The van der Waals surface area contributed by atoms with Gasteiger partial charge < -0.3 is 15.5 Å². The van der Waals surface area contributed by atoms with Gasteiger partial charge in [0.05, 0.1) is 4.90 Å². The topological polar surface area (TPSA) is 105 Å². The zero-order valence-corrected chi connectivity index (χ0v) is 13.2. The molecule has 4 N–H and O–H groups in total. The van der Waals surface area contributed by atoms with Gasteiger partial charge in [-0.25, -0.2) is 18.4 Å². The molecule has 2 rings (SSSR count). The van der Waals surface area contributed by atoms with Gasteiger partial charge in [0.2, 0.25) is 10.0 Å². The summed E-state index contributed by atoms with van der Waals surface area (Å²) in [5.74, 6) is 0. The summed E-state index contributed by atoms with van der Waals surface area (Å²) in [5, 5.41) is 10.4. The number of anilines is 1. The predicted molar refractivity (Wildman–Crippen MR) is 85.1 cm³/mol. The highest BCUT2D eigenvalue weighted by Crippen LogP contribution is 2.12. The quantitative estimate of drug-likeness (QED) is 0.677. The van der Waals surface area contributed by atoms with E-state index in [-0.39, 0.29) is 10.9 Å². The zero-order chi connectivity index (χ0) is 16.0. The molecule has 1 saturated heterocycles. The Labute approximate surface area is 130 Å². The Morgan fingerprint density at radius 3 is 2.41 bits per heavy atom. The minimum Gasteiger partial charge on any atom is -0.338 e. The number of hydrogen-bond acceptors (Lipinski definition) is 4. The number of amides is 2. The lowest BCUT2D eigenvalue weighted by Gasteiger charge is -2.14. The second kappa shape index (κ2) is 7.57. The molecule has 2 amide bonds. The fourth-order valence-electron chi connectivity index (χ4n) is 2.41. The van der Waals surface area contributed by atoms with Gasteiger partial charge in [-0.2, -0.15) is 0 Å². The summed E-state index contributed by atoms with van der Waals surface area (Å²) in [5.41, 5.74) is 0.518. The van der Waals surface area contributed by atoms with Crippen LogP contribution >= 0.6 is 0 Å². The number of rotatable bonds is 6. The SMILES string of the molecule is NS(=O)(=O)c1ccc(NC(=O)NCCCN2CCCC2)cc1. The van der Waals surface area contributed by atoms with Crippen molar-refractivity contribution in [3.63, 3.8) is 0 Å². The van der Waals surface area contributed by atoms with Crippen molar-refractivity contribution in [2.45, 2.75) is 24.2 Å². The molecule has 0 atom stereocenters. The average Bonchev–Trinajstić information content (AvgIpc) is 2.96. The second-order valence-electron chi connectivity index (χ2n) is 5.35. The highest BCUT2D eigenvalue weighted by atomic mass is 32.2. The molecule has 1 aliphatic rings. The summed E-state index contributed by atoms with van der Waals surface area (Å²) < 4.78 is 22.2. The third kappa shape index (κ3) is 5.28. The molecule has 8 heteroatoms. The number of benzene rings is 1. The van der Waals surface area contributed by atoms with Crippen molar-refractivity contribution in [3.8, 4) is 0 Å². The number of likely N-dealkylation sites (tertiary alicyclic amines) is 1. The van der Waals surface area contributed by atoms with Crippen LogP contribution in [0, 0.1) is 0 Å². The van der Waals surface area contributed by atoms with E-state index in [4.69, 9.17) is 5.14 Å². The summed E-state index contributed by atoms with van der Waals surface area (Å²) in [6, 6.07) is 5.42. The highest BCUT2D eigenvalue weighted by Gasteiger charge is 2.11. The number of primary sulfonamides is 1. The van der Waals surface area contributed by atoms with Crippen molar-refractivity contribution in [1.29, 1.82) is 0 Å². The maximum atomic E-state index is 11.7. The molecule has 0 aromatic heterocycles. The molecule has 0 spiro atoms. The van der Waals surface area contributed by atoms with Gasteiger partial charge in [0, 0.05) is 12.2 Å². The predicted octanol–water partition coefficient (Wildman–Crippen LogP) is 0.941. The first-order valence-corrected chi connectivity index (χ1v) is 8.90. The molecule has 0 bridgehead atoms. The van der Waals surface area contributed by atoms with Crippen LogP contribution in [-0.2, 0) is 10.0 Å². The summed E-state index contributed by atoms with van der Waals surface area (Å²) in [7, 11) is -3.71. The lowest BCUT2D eigenvalue weighted by molar-refractivity contribution is 0.251. The smallest absolute Gasteiger partial charge is 0.319 e. The first kappa shape index (κ1) is 16.7. The molecule has 22 heavy (non-hydrogen) atoms. The van der Waals surface area contributed by atoms with E-state index in [0.717, 1.165) is 26.1 Å². The molecule has 1 aromatic rings. The Balaban J connectivity index is 1.70. The Bertz CT molecular complexity index is 595. The van der Waals surface area contributed by atoms with Crippen LogP contribution in [-0.4, -0.2) is 45.5 Å². The fourth-order valence-corrected chi connectivity index (χ4v) is 2.93. The van der Waals surface area contributed by atoms with Crippen molar-refractivity contribution in [1.82, 2.24) is 10.2 Å². The Morgan fingerprint density at radius 1 is 1.18 bits per heavy atom. The van der Waals surface area contributed by atoms with E-state index in [9.17, 15) is 13.2 Å². The maximum absolute atomic E-state index is 11.7. The van der Waals surface area contributed by atoms with E-state index >= 15 is 0 Å². The Morgan fingerprint density at radius 2 is 1.82 bits per heavy atom. The van der Waals surface area contributed by atoms with Crippen LogP contribution in [0.2, 0.25) is 0 Å². The number of carbonyl (C=O) groups excluding carboxylic acids is 1. The molecule has 7 nitrogen and oxygen atoms in total. The van der Waals surface area contributed by atoms with Crippen LogP contribution < -0.4 is 15.8 Å². The third-order valence-electron chi connectivity index (χ3n) is 3.58. The number of sulfonamides is 1. The first-order chi connectivity index (χ1) is 10.4. The molecule has 0 unspecified atom stereocenters. The Kier molecular flexibility index (Phi) is 5.76. The normalized spacial score (nSPS) is 15.7. The zero-order valence-electron chi connectivity index (χ0n) is 12.4. The van der Waals surface area contributed by atoms with E-state index in [0.29, 0.717) is 12.2 Å². The van der Waals surface area contributed by atoms with E-state index in [2.05, 4.69) is 15.5 Å². The highest BCUT2D eigenvalue weighted by molar-refractivity contribution is 7.89. The van der Waals surface area contributed by atoms with Gasteiger partial charge in [0.1, 0.15) is 0 Å². The summed E-state index contributed by atoms with van der Waals surface area (Å²) in [6.07, 6.45) is 3.45. The van der Waals surface area contributed by atoms with E-state index < -0.39 is 10.0 Å². The van der Waals surface area contributed by atoms with Crippen molar-refractivity contribution in [2.24, 2.45) is 5.14 Å². The second-order valence-corrected chi connectivity index (χ2v) is 6.91. The molecule has 0 aliphatic carbocycles. The lowest BCUT2D eigenvalue weighted by Crippen LogP contribution is -2.31. The number of nitrogens with zero attached hydrogens (tertiary/aromatic N) is 1. The van der Waals surface area contributed by atoms with Crippen LogP contribution in [0.5, 0.6) is 0 Å². The molecular weight excluding hydrogens is 304 g/mol. The van der Waals surface area contributed by atoms with Gasteiger partial charge in [-0.1, -0.05) is 0 Å². The van der Waals surface area contributed by atoms with Gasteiger partial charge in [-0.3, -0.25) is 0 Å². The average molecular weight is 326 g/mol. The van der Waals surface area contributed by atoms with Gasteiger partial charge >= 0.3 is 6.03 Å². The van der Waals surface area contributed by atoms with E-state index in [1.165, 1.54) is 37.1 Å². The molecule has 1 aromatic carbocycles. The standard InChI is InChI=1S/C14H22N4O3S/c15-22(20,21)13-6-4-12(5-7-13)17-14(19)16-8-3-11-18-9-1-2-10-18/h4-7H,1-3,8-11H2,(H2,15,20,21)(H2,16,17,19). The first-order valence-electron chi connectivity index (χ1n) is 7.35. The Hall–Kier alpha value is -1.64. The molecule has 0 saturated carbocycles. The minimum atomic E-state index is -3.71. The van der Waals surface area contributed by atoms with Crippen molar-refractivity contribution >= 4 is 21.7 Å². The number of urea groups is 1. The minimum absolute atomic E-state index is 0.0177. The summed E-state index contributed by atoms with van der Waals surface area (Å²) in [6.45, 7) is 3.92. The molecule has 1 aliphatic heterocycles. The van der Waals surface area contributed by atoms with Crippen LogP contribution in [0.1, 0.15) is 19.3 Å². The third-order valence-corrected chi connectivity index (χ3v) is 4.51. The molecular formula is C14H22N4O3S. The summed E-state index contributed by atoms with van der Waals surface area (Å²) >= 11 is 0. The number of nitrogens with two attached hydrogens (primary N) is 1. The number of carbonyl (C=O) groups is 1. The monoisotopic (exact) mass is 326 g/mol. The molecule has 122 valence electrons. The van der Waals surface area contributed by atoms with E-state index in [1.807, 2.05) is 0 Å². The largest absolute Gasteiger partial charge is 0.338 e. The van der Waals surface area contributed by atoms with Crippen LogP contribution in [0.4, 0.5) is 10.5 Å². The fraction of sp³-hybridized carbons (Fsp3) is 0.500. The van der Waals surface area contributed by atoms with Gasteiger partial charge in [-0.05, 0) is 63.2 Å². The number of nitrogens with one attached hydrogen (secondary N) is 2. The van der Waals surface area contributed by atoms with Crippen LogP contribution in [0.25, 0.3) is 0 Å². The van der Waals surface area contributed by atoms with Crippen LogP contribution in [0.15, 0.2) is 29.2 Å². The van der Waals surface area contributed by atoms with Crippen molar-refractivity contribution in [3.05, 3.63) is 24.3 Å². The molecule has 1 fully saturated rings. The molecule has 0 radical (unpaired) electrons. The van der Waals surface area contributed by atoms with Crippen LogP contribution in [0.3, 0.4) is 0 Å². The van der Waals surface area contributed by atoms with Crippen molar-refractivity contribution in [2.75, 3.05) is 31.5 Å².